The molecule has 1 amide bonds. The molecule has 0 bridgehead atoms. The van der Waals surface area contributed by atoms with E-state index in [2.05, 4.69) is 5.32 Å². The predicted octanol–water partition coefficient (Wildman–Crippen LogP) is 3.14. The first-order valence-corrected chi connectivity index (χ1v) is 7.66. The molecule has 0 atom stereocenters. The lowest BCUT2D eigenvalue weighted by Gasteiger charge is -2.06. The first-order valence-electron chi connectivity index (χ1n) is 6.43. The molecule has 0 spiro atoms. The highest BCUT2D eigenvalue weighted by molar-refractivity contribution is 7.98. The number of aliphatic carboxylic acids is 1. The number of ether oxygens (including phenoxy) is 1. The number of amides is 1. The zero-order valence-corrected chi connectivity index (χ0v) is 12.2. The number of hydrogen-bond donors (Lipinski definition) is 2. The molecule has 5 nitrogen and oxygen atoms in total. The van der Waals surface area contributed by atoms with Crippen LogP contribution in [0.15, 0.2) is 29.2 Å². The van der Waals surface area contributed by atoms with Crippen molar-refractivity contribution in [2.45, 2.75) is 30.6 Å². The molecule has 0 radical (unpaired) electrons. The number of unbranched alkanes of at least 4 members (excludes halogenated alkanes) is 2. The first-order chi connectivity index (χ1) is 9.61. The summed E-state index contributed by atoms with van der Waals surface area (Å²) in [5.41, 5.74) is 0. The third kappa shape index (κ3) is 7.04. The molecule has 0 aromatic heterocycles. The van der Waals surface area contributed by atoms with Crippen molar-refractivity contribution in [3.63, 3.8) is 0 Å². The van der Waals surface area contributed by atoms with E-state index in [1.165, 1.54) is 0 Å². The van der Waals surface area contributed by atoms with Crippen molar-refractivity contribution in [1.29, 1.82) is 0 Å². The molecule has 110 valence electrons. The molecule has 0 saturated heterocycles. The normalized spacial score (nSPS) is 10.1. The van der Waals surface area contributed by atoms with Gasteiger partial charge in [0, 0.05) is 17.9 Å². The fourth-order valence-corrected chi connectivity index (χ4v) is 1.96. The number of rotatable bonds is 8. The minimum atomic E-state index is -0.786. The number of nitrogens with one attached hydrogen (secondary N) is 1. The van der Waals surface area contributed by atoms with Crippen LogP contribution in [0, 0.1) is 0 Å². The number of carbonyl (C=O) groups excluding carboxylic acids is 1. The summed E-state index contributed by atoms with van der Waals surface area (Å²) in [6, 6.07) is 7.27. The van der Waals surface area contributed by atoms with E-state index >= 15 is 0 Å². The highest BCUT2D eigenvalue weighted by Crippen LogP contribution is 2.18. The lowest BCUT2D eigenvalue weighted by atomic mass is 10.2. The summed E-state index contributed by atoms with van der Waals surface area (Å²) in [6.07, 6.45) is 3.81. The Morgan fingerprint density at radius 1 is 1.20 bits per heavy atom. The Morgan fingerprint density at radius 2 is 1.90 bits per heavy atom. The van der Waals surface area contributed by atoms with Crippen molar-refractivity contribution in [1.82, 2.24) is 5.32 Å². The van der Waals surface area contributed by atoms with Crippen LogP contribution in [0.4, 0.5) is 4.79 Å². The van der Waals surface area contributed by atoms with Crippen LogP contribution in [-0.4, -0.2) is 30.0 Å². The standard InChI is InChI=1S/C14H19NO4S/c1-20-12-8-6-11(7-9-12)19-14(18)15-10-4-2-3-5-13(16)17/h6-9H,2-5,10H2,1H3,(H,15,18)(H,16,17). The average Bonchev–Trinajstić information content (AvgIpc) is 2.43. The lowest BCUT2D eigenvalue weighted by molar-refractivity contribution is -0.137. The Hall–Kier alpha value is -1.69. The van der Waals surface area contributed by atoms with Gasteiger partial charge in [0.2, 0.25) is 0 Å². The number of benzene rings is 1. The van der Waals surface area contributed by atoms with Gasteiger partial charge in [-0.3, -0.25) is 4.79 Å². The van der Waals surface area contributed by atoms with Crippen LogP contribution < -0.4 is 10.1 Å². The molecule has 1 aromatic rings. The second kappa shape index (κ2) is 9.25. The maximum atomic E-state index is 11.5. The monoisotopic (exact) mass is 297 g/mol. The second-order valence-electron chi connectivity index (χ2n) is 4.20. The van der Waals surface area contributed by atoms with Crippen molar-refractivity contribution in [2.75, 3.05) is 12.8 Å². The van der Waals surface area contributed by atoms with Gasteiger partial charge < -0.3 is 15.2 Å². The van der Waals surface area contributed by atoms with Gasteiger partial charge >= 0.3 is 12.1 Å². The summed E-state index contributed by atoms with van der Waals surface area (Å²) in [5, 5.41) is 11.1. The maximum Gasteiger partial charge on any atom is 0.412 e. The zero-order valence-electron chi connectivity index (χ0n) is 11.4. The van der Waals surface area contributed by atoms with Gasteiger partial charge in [-0.15, -0.1) is 11.8 Å². The molecular weight excluding hydrogens is 278 g/mol. The fraction of sp³-hybridized carbons (Fsp3) is 0.429. The molecular formula is C14H19NO4S. The van der Waals surface area contributed by atoms with Crippen LogP contribution in [0.3, 0.4) is 0 Å². The first kappa shape index (κ1) is 16.4. The minimum absolute atomic E-state index is 0.173. The lowest BCUT2D eigenvalue weighted by Crippen LogP contribution is -2.27. The molecule has 0 aliphatic rings. The summed E-state index contributed by atoms with van der Waals surface area (Å²) < 4.78 is 5.11. The molecule has 20 heavy (non-hydrogen) atoms. The fourth-order valence-electron chi connectivity index (χ4n) is 1.56. The Kier molecular flexibility index (Phi) is 7.57. The molecule has 0 aliphatic carbocycles. The van der Waals surface area contributed by atoms with E-state index in [1.807, 2.05) is 18.4 Å². The van der Waals surface area contributed by atoms with Crippen LogP contribution >= 0.6 is 11.8 Å². The molecule has 0 fully saturated rings. The van der Waals surface area contributed by atoms with Gasteiger partial charge in [0.1, 0.15) is 5.75 Å². The largest absolute Gasteiger partial charge is 0.481 e. The Labute approximate surface area is 122 Å². The molecule has 0 heterocycles. The number of carbonyl (C=O) groups is 2. The number of carboxylic acids is 1. The molecule has 0 aliphatic heterocycles. The van der Waals surface area contributed by atoms with Gasteiger partial charge in [0.05, 0.1) is 0 Å². The summed E-state index contributed by atoms with van der Waals surface area (Å²) in [6.45, 7) is 0.487. The number of hydrogen-bond acceptors (Lipinski definition) is 4. The third-order valence-corrected chi connectivity index (χ3v) is 3.35. The van der Waals surface area contributed by atoms with E-state index < -0.39 is 12.1 Å². The molecule has 1 aromatic carbocycles. The van der Waals surface area contributed by atoms with Crippen LogP contribution in [0.2, 0.25) is 0 Å². The number of carboxylic acid groups (broad SMARTS) is 1. The van der Waals surface area contributed by atoms with Gasteiger partial charge in [0.15, 0.2) is 0 Å². The topological polar surface area (TPSA) is 75.6 Å². The van der Waals surface area contributed by atoms with Crippen LogP contribution in [0.5, 0.6) is 5.75 Å². The third-order valence-electron chi connectivity index (χ3n) is 2.61. The summed E-state index contributed by atoms with van der Waals surface area (Å²) in [4.78, 5) is 22.9. The quantitative estimate of drug-likeness (QED) is 0.569. The zero-order chi connectivity index (χ0) is 14.8. The van der Waals surface area contributed by atoms with Gasteiger partial charge in [-0.05, 0) is 43.4 Å². The van der Waals surface area contributed by atoms with E-state index in [-0.39, 0.29) is 6.42 Å². The summed E-state index contributed by atoms with van der Waals surface area (Å²) in [7, 11) is 0. The van der Waals surface area contributed by atoms with Crippen molar-refractivity contribution in [3.05, 3.63) is 24.3 Å². The maximum absolute atomic E-state index is 11.5. The van der Waals surface area contributed by atoms with Crippen molar-refractivity contribution in [3.8, 4) is 5.75 Å². The Balaban J connectivity index is 2.15. The van der Waals surface area contributed by atoms with Gasteiger partial charge in [-0.1, -0.05) is 6.42 Å². The number of thioether (sulfide) groups is 1. The minimum Gasteiger partial charge on any atom is -0.481 e. The Morgan fingerprint density at radius 3 is 2.50 bits per heavy atom. The van der Waals surface area contributed by atoms with Crippen LogP contribution in [0.25, 0.3) is 0 Å². The van der Waals surface area contributed by atoms with Crippen molar-refractivity contribution in [2.24, 2.45) is 0 Å². The van der Waals surface area contributed by atoms with E-state index in [0.717, 1.165) is 17.7 Å². The molecule has 0 unspecified atom stereocenters. The van der Waals surface area contributed by atoms with Gasteiger partial charge in [0.25, 0.3) is 0 Å². The molecule has 1 rings (SSSR count). The highest BCUT2D eigenvalue weighted by atomic mass is 32.2. The Bertz CT molecular complexity index is 433. The van der Waals surface area contributed by atoms with Crippen LogP contribution in [-0.2, 0) is 4.79 Å². The van der Waals surface area contributed by atoms with Crippen molar-refractivity contribution < 1.29 is 19.4 Å². The SMILES string of the molecule is CSc1ccc(OC(=O)NCCCCCC(=O)O)cc1. The predicted molar refractivity (Wildman–Crippen MR) is 78.4 cm³/mol. The molecule has 2 N–H and O–H groups in total. The van der Waals surface area contributed by atoms with Gasteiger partial charge in [-0.25, -0.2) is 4.79 Å². The highest BCUT2D eigenvalue weighted by Gasteiger charge is 2.03. The molecule has 0 saturated carbocycles. The smallest absolute Gasteiger partial charge is 0.412 e. The van der Waals surface area contributed by atoms with Gasteiger partial charge in [-0.2, -0.15) is 0 Å². The second-order valence-corrected chi connectivity index (χ2v) is 5.08. The summed E-state index contributed by atoms with van der Waals surface area (Å²) >= 11 is 1.62. The van der Waals surface area contributed by atoms with E-state index in [0.29, 0.717) is 18.7 Å². The van der Waals surface area contributed by atoms with E-state index in [4.69, 9.17) is 9.84 Å². The van der Waals surface area contributed by atoms with E-state index in [9.17, 15) is 9.59 Å². The average molecular weight is 297 g/mol. The van der Waals surface area contributed by atoms with Crippen LogP contribution in [0.1, 0.15) is 25.7 Å². The molecule has 6 heteroatoms. The van der Waals surface area contributed by atoms with E-state index in [1.54, 1.807) is 23.9 Å². The van der Waals surface area contributed by atoms with Crippen molar-refractivity contribution >= 4 is 23.8 Å². The summed E-state index contributed by atoms with van der Waals surface area (Å²) in [5.74, 6) is -0.280.